The molecule has 0 bridgehead atoms. The third kappa shape index (κ3) is 10.1. The van der Waals surface area contributed by atoms with Crippen molar-refractivity contribution in [1.82, 2.24) is 20.2 Å². The number of benzene rings is 3. The Morgan fingerprint density at radius 1 is 1.00 bits per heavy atom. The van der Waals surface area contributed by atoms with Crippen LogP contribution in [0.1, 0.15) is 35.2 Å². The normalized spacial score (nSPS) is 15.4. The van der Waals surface area contributed by atoms with Crippen LogP contribution in [0.25, 0.3) is 11.1 Å². The van der Waals surface area contributed by atoms with E-state index < -0.39 is 0 Å². The molecule has 49 heavy (non-hydrogen) atoms. The Morgan fingerprint density at radius 3 is 2.61 bits per heavy atom. The first-order valence-electron chi connectivity index (χ1n) is 16.4. The van der Waals surface area contributed by atoms with Gasteiger partial charge in [0.2, 0.25) is 0 Å². The Kier molecular flexibility index (Phi) is 13.2. The number of nitrogens with zero attached hydrogens (tertiary/aromatic N) is 3. The zero-order chi connectivity index (χ0) is 34.6. The van der Waals surface area contributed by atoms with E-state index in [-0.39, 0.29) is 6.61 Å². The van der Waals surface area contributed by atoms with Gasteiger partial charge >= 0.3 is 0 Å². The van der Waals surface area contributed by atoms with E-state index in [0.29, 0.717) is 70.9 Å². The fourth-order valence-corrected chi connectivity index (χ4v) is 6.35. The molecule has 1 aliphatic heterocycles. The molecule has 9 nitrogen and oxygen atoms in total. The zero-order valence-corrected chi connectivity index (χ0v) is 29.5. The van der Waals surface area contributed by atoms with Gasteiger partial charge in [-0.05, 0) is 80.5 Å². The van der Waals surface area contributed by atoms with E-state index in [2.05, 4.69) is 40.2 Å². The van der Waals surface area contributed by atoms with E-state index in [9.17, 15) is 0 Å². The standard InChI is InChI=1S/C38H44Cl2N6O3/c1-26-28(8-3-10-32(26)33-11-4-12-35(38(33)40)47-23-27-7-6-16-46(2)22-27)24-48-37-18-36(49-25-31-21-43-14-15-45-31)29(17-34(37)39)19-44-20-30(42)9-5-13-41/h3-5,8-15,17-18,21,27,44H,6-7,16,19-20,22-25,41-42H2,1-2H3/b13-5-,30-9-. The number of nitrogens with two attached hydrogens (primary N) is 2. The lowest BCUT2D eigenvalue weighted by atomic mass is 9.96. The first-order chi connectivity index (χ1) is 23.8. The Morgan fingerprint density at radius 2 is 1.82 bits per heavy atom. The fourth-order valence-electron chi connectivity index (χ4n) is 5.83. The van der Waals surface area contributed by atoms with Crippen LogP contribution in [0.5, 0.6) is 17.2 Å². The molecule has 1 saturated heterocycles. The molecule has 1 aliphatic rings. The first kappa shape index (κ1) is 36.0. The van der Waals surface area contributed by atoms with Crippen molar-refractivity contribution in [2.24, 2.45) is 17.4 Å². The lowest BCUT2D eigenvalue weighted by molar-refractivity contribution is 0.150. The smallest absolute Gasteiger partial charge is 0.142 e. The van der Waals surface area contributed by atoms with E-state index >= 15 is 0 Å². The van der Waals surface area contributed by atoms with Crippen molar-refractivity contribution < 1.29 is 14.2 Å². The predicted molar refractivity (Wildman–Crippen MR) is 197 cm³/mol. The molecule has 2 heterocycles. The number of ether oxygens (including phenoxy) is 3. The summed E-state index contributed by atoms with van der Waals surface area (Å²) < 4.78 is 18.8. The molecule has 0 spiro atoms. The highest BCUT2D eigenvalue weighted by Gasteiger charge is 2.20. The highest BCUT2D eigenvalue weighted by Crippen LogP contribution is 2.39. The minimum Gasteiger partial charge on any atom is -0.492 e. The van der Waals surface area contributed by atoms with Crippen LogP contribution in [0, 0.1) is 12.8 Å². The Balaban J connectivity index is 1.31. The van der Waals surface area contributed by atoms with Gasteiger partial charge in [0.1, 0.15) is 30.5 Å². The molecular formula is C38H44Cl2N6O3. The molecule has 5 N–H and O–H groups in total. The van der Waals surface area contributed by atoms with Crippen LogP contribution >= 0.6 is 23.2 Å². The summed E-state index contributed by atoms with van der Waals surface area (Å²) in [5.74, 6) is 2.31. The van der Waals surface area contributed by atoms with E-state index in [4.69, 9.17) is 48.9 Å². The lowest BCUT2D eigenvalue weighted by Crippen LogP contribution is -2.34. The average Bonchev–Trinajstić information content (AvgIpc) is 3.10. The number of hydrogen-bond donors (Lipinski definition) is 3. The van der Waals surface area contributed by atoms with E-state index in [1.165, 1.54) is 19.0 Å². The zero-order valence-electron chi connectivity index (χ0n) is 28.0. The van der Waals surface area contributed by atoms with Gasteiger partial charge < -0.3 is 35.9 Å². The van der Waals surface area contributed by atoms with Crippen LogP contribution in [-0.4, -0.2) is 48.2 Å². The number of aromatic nitrogens is 2. The largest absolute Gasteiger partial charge is 0.492 e. The monoisotopic (exact) mass is 702 g/mol. The molecule has 3 aromatic carbocycles. The highest BCUT2D eigenvalue weighted by molar-refractivity contribution is 6.35. The van der Waals surface area contributed by atoms with Crippen molar-refractivity contribution in [3.63, 3.8) is 0 Å². The topological polar surface area (TPSA) is 121 Å². The molecule has 5 rings (SSSR count). The predicted octanol–water partition coefficient (Wildman–Crippen LogP) is 7.04. The molecule has 1 unspecified atom stereocenters. The van der Waals surface area contributed by atoms with Gasteiger partial charge in [0, 0.05) is 60.8 Å². The Bertz CT molecular complexity index is 1750. The fraction of sp³-hybridized carbons (Fsp3) is 0.316. The second-order valence-corrected chi connectivity index (χ2v) is 13.0. The number of likely N-dealkylation sites (tertiary alicyclic amines) is 1. The quantitative estimate of drug-likeness (QED) is 0.112. The van der Waals surface area contributed by atoms with Gasteiger partial charge in [-0.1, -0.05) is 53.5 Å². The van der Waals surface area contributed by atoms with Crippen molar-refractivity contribution in [2.75, 3.05) is 33.3 Å². The van der Waals surface area contributed by atoms with Crippen LogP contribution in [0.15, 0.2) is 91.2 Å². The summed E-state index contributed by atoms with van der Waals surface area (Å²) in [6, 6.07) is 15.7. The summed E-state index contributed by atoms with van der Waals surface area (Å²) in [7, 11) is 2.16. The molecule has 1 aromatic heterocycles. The maximum Gasteiger partial charge on any atom is 0.142 e. The maximum atomic E-state index is 6.96. The van der Waals surface area contributed by atoms with Gasteiger partial charge in [0.05, 0.1) is 28.5 Å². The summed E-state index contributed by atoms with van der Waals surface area (Å²) in [4.78, 5) is 10.8. The first-order valence-corrected chi connectivity index (χ1v) is 17.1. The summed E-state index contributed by atoms with van der Waals surface area (Å²) in [5, 5.41) is 4.39. The number of hydrogen-bond acceptors (Lipinski definition) is 9. The molecule has 0 aliphatic carbocycles. The van der Waals surface area contributed by atoms with Gasteiger partial charge in [-0.2, -0.15) is 0 Å². The minimum absolute atomic E-state index is 0.230. The molecule has 11 heteroatoms. The SMILES string of the molecule is Cc1c(COc2cc(OCc3cnccn3)c(CNC/C(N)=C/C=C\N)cc2Cl)cccc1-c1cccc(OCC2CCCN(C)C2)c1Cl. The summed E-state index contributed by atoms with van der Waals surface area (Å²) >= 11 is 13.7. The Labute approximate surface area is 298 Å². The van der Waals surface area contributed by atoms with Gasteiger partial charge in [-0.15, -0.1) is 0 Å². The minimum atomic E-state index is 0.230. The molecular weight excluding hydrogens is 659 g/mol. The second kappa shape index (κ2) is 17.9. The van der Waals surface area contributed by atoms with Crippen LogP contribution in [0.4, 0.5) is 0 Å². The molecule has 0 saturated carbocycles. The van der Waals surface area contributed by atoms with Crippen molar-refractivity contribution in [3.8, 4) is 28.4 Å². The number of piperidine rings is 1. The van der Waals surface area contributed by atoms with Gasteiger partial charge in [0.25, 0.3) is 0 Å². The van der Waals surface area contributed by atoms with Gasteiger partial charge in [0.15, 0.2) is 0 Å². The number of halogens is 2. The summed E-state index contributed by atoms with van der Waals surface area (Å²) in [6.45, 7) is 6.34. The molecule has 258 valence electrons. The van der Waals surface area contributed by atoms with E-state index in [1.54, 1.807) is 30.7 Å². The highest BCUT2D eigenvalue weighted by atomic mass is 35.5. The van der Waals surface area contributed by atoms with E-state index in [0.717, 1.165) is 40.9 Å². The van der Waals surface area contributed by atoms with Crippen molar-refractivity contribution >= 4 is 23.2 Å². The maximum absolute atomic E-state index is 6.96. The number of rotatable bonds is 15. The average molecular weight is 704 g/mol. The van der Waals surface area contributed by atoms with Crippen molar-refractivity contribution in [2.45, 2.75) is 39.5 Å². The molecule has 1 fully saturated rings. The lowest BCUT2D eigenvalue weighted by Gasteiger charge is -2.29. The van der Waals surface area contributed by atoms with Crippen molar-refractivity contribution in [3.05, 3.63) is 124 Å². The van der Waals surface area contributed by atoms with Crippen LogP contribution in [-0.2, 0) is 19.8 Å². The number of allylic oxidation sites excluding steroid dienone is 2. The van der Waals surface area contributed by atoms with Crippen LogP contribution < -0.4 is 31.0 Å². The second-order valence-electron chi connectivity index (χ2n) is 12.2. The third-order valence-corrected chi connectivity index (χ3v) is 9.14. The summed E-state index contributed by atoms with van der Waals surface area (Å²) in [5.41, 5.74) is 17.6. The third-order valence-electron chi connectivity index (χ3n) is 8.45. The number of nitrogens with one attached hydrogen (secondary N) is 1. The van der Waals surface area contributed by atoms with Crippen LogP contribution in [0.3, 0.4) is 0 Å². The molecule has 1 atom stereocenters. The summed E-state index contributed by atoms with van der Waals surface area (Å²) in [6.07, 6.45) is 12.1. The van der Waals surface area contributed by atoms with Gasteiger partial charge in [-0.3, -0.25) is 9.97 Å². The molecule has 4 aromatic rings. The molecule has 0 amide bonds. The molecule has 0 radical (unpaired) electrons. The van der Waals surface area contributed by atoms with Crippen molar-refractivity contribution in [1.29, 1.82) is 0 Å². The van der Waals surface area contributed by atoms with Gasteiger partial charge in [-0.25, -0.2) is 0 Å². The Hall–Kier alpha value is -4.28. The van der Waals surface area contributed by atoms with E-state index in [1.807, 2.05) is 42.5 Å². The van der Waals surface area contributed by atoms with Crippen LogP contribution in [0.2, 0.25) is 10.0 Å².